The molecule has 0 aliphatic rings. The number of carbonyl (C=O) groups excluding carboxylic acids is 1. The first-order chi connectivity index (χ1) is 19.4. The third kappa shape index (κ3) is 5.49. The van der Waals surface area contributed by atoms with Crippen LogP contribution in [0.4, 0.5) is 5.82 Å². The topological polar surface area (TPSA) is 126 Å². The summed E-state index contributed by atoms with van der Waals surface area (Å²) in [6.45, 7) is 2.15. The first-order valence-electron chi connectivity index (χ1n) is 12.7. The molecule has 0 saturated heterocycles. The number of rotatable bonds is 3. The van der Waals surface area contributed by atoms with Crippen LogP contribution in [0.25, 0.3) is 32.9 Å². The summed E-state index contributed by atoms with van der Waals surface area (Å²) in [7, 11) is 1.89. The van der Waals surface area contributed by atoms with Gasteiger partial charge in [-0.15, -0.1) is 0 Å². The van der Waals surface area contributed by atoms with Crippen LogP contribution in [0.2, 0.25) is 0 Å². The van der Waals surface area contributed by atoms with E-state index in [-0.39, 0.29) is 11.4 Å². The maximum Gasteiger partial charge on any atom is 0.254 e. The van der Waals surface area contributed by atoms with Crippen molar-refractivity contribution in [1.82, 2.24) is 24.7 Å². The van der Waals surface area contributed by atoms with Gasteiger partial charge in [0.15, 0.2) is 0 Å². The van der Waals surface area contributed by atoms with Gasteiger partial charge < -0.3 is 11.5 Å². The predicted octanol–water partition coefficient (Wildman–Crippen LogP) is 4.91. The monoisotopic (exact) mass is 525 g/mol. The van der Waals surface area contributed by atoms with E-state index < -0.39 is 5.91 Å². The molecule has 0 aliphatic carbocycles. The number of anilines is 1. The van der Waals surface area contributed by atoms with E-state index in [0.717, 1.165) is 39.5 Å². The smallest absolute Gasteiger partial charge is 0.254 e. The van der Waals surface area contributed by atoms with E-state index in [0.29, 0.717) is 5.52 Å². The normalized spacial score (nSPS) is 10.4. The lowest BCUT2D eigenvalue weighted by Gasteiger charge is -2.10. The fourth-order valence-corrected chi connectivity index (χ4v) is 4.41. The standard InChI is InChI=1S/C23H19N3.C9H8N4O/c1-3-22-20(18-8-5-4-6-9-18)14-21-19(10-7-11-23(21)25-22)13-12-17-15-24-26(2)16-17;10-8-6(9(11)14)7-5(4-13-8)2-1-3-12-7/h4-11,14-16H,3H2,1-2H3;1-4H,(H2,10,13)(H2,11,14). The number of aromatic nitrogens is 5. The van der Waals surface area contributed by atoms with E-state index >= 15 is 0 Å². The molecule has 0 radical (unpaired) electrons. The van der Waals surface area contributed by atoms with Gasteiger partial charge in [-0.3, -0.25) is 19.4 Å². The zero-order valence-corrected chi connectivity index (χ0v) is 22.2. The van der Waals surface area contributed by atoms with Gasteiger partial charge in [0.2, 0.25) is 0 Å². The van der Waals surface area contributed by atoms with Crippen molar-refractivity contribution in [2.24, 2.45) is 12.8 Å². The lowest BCUT2D eigenvalue weighted by Crippen LogP contribution is -2.15. The third-order valence-corrected chi connectivity index (χ3v) is 6.33. The van der Waals surface area contributed by atoms with Crippen molar-refractivity contribution >= 4 is 33.5 Å². The molecule has 196 valence electrons. The average molecular weight is 526 g/mol. The van der Waals surface area contributed by atoms with Crippen LogP contribution in [0.5, 0.6) is 0 Å². The highest BCUT2D eigenvalue weighted by Crippen LogP contribution is 2.28. The number of aryl methyl sites for hydroxylation is 2. The van der Waals surface area contributed by atoms with Crippen molar-refractivity contribution in [3.05, 3.63) is 114 Å². The molecule has 4 heterocycles. The minimum absolute atomic E-state index is 0.115. The van der Waals surface area contributed by atoms with Crippen molar-refractivity contribution in [1.29, 1.82) is 0 Å². The third-order valence-electron chi connectivity index (χ3n) is 6.33. The molecular weight excluding hydrogens is 498 g/mol. The van der Waals surface area contributed by atoms with Gasteiger partial charge in [0.25, 0.3) is 5.91 Å². The quantitative estimate of drug-likeness (QED) is 0.316. The number of hydrogen-bond donors (Lipinski definition) is 2. The predicted molar refractivity (Wildman–Crippen MR) is 158 cm³/mol. The Morgan fingerprint density at radius 1 is 0.975 bits per heavy atom. The summed E-state index contributed by atoms with van der Waals surface area (Å²) in [6, 6.07) is 22.3. The van der Waals surface area contributed by atoms with Gasteiger partial charge in [0.1, 0.15) is 11.4 Å². The van der Waals surface area contributed by atoms with Gasteiger partial charge in [0, 0.05) is 53.2 Å². The van der Waals surface area contributed by atoms with Gasteiger partial charge in [-0.2, -0.15) is 5.10 Å². The van der Waals surface area contributed by atoms with E-state index in [2.05, 4.69) is 70.2 Å². The fraction of sp³-hybridized carbons (Fsp3) is 0.0938. The summed E-state index contributed by atoms with van der Waals surface area (Å²) in [4.78, 5) is 23.9. The molecule has 4 N–H and O–H groups in total. The van der Waals surface area contributed by atoms with Crippen LogP contribution >= 0.6 is 0 Å². The highest BCUT2D eigenvalue weighted by Gasteiger charge is 2.12. The van der Waals surface area contributed by atoms with Crippen LogP contribution in [0, 0.1) is 11.8 Å². The van der Waals surface area contributed by atoms with E-state index in [9.17, 15) is 4.79 Å². The second-order valence-electron chi connectivity index (χ2n) is 9.05. The lowest BCUT2D eigenvalue weighted by atomic mass is 9.98. The number of nitrogens with zero attached hydrogens (tertiary/aromatic N) is 5. The Hall–Kier alpha value is -5.55. The van der Waals surface area contributed by atoms with Gasteiger partial charge in [-0.25, -0.2) is 4.98 Å². The van der Waals surface area contributed by atoms with Crippen LogP contribution in [0.15, 0.2) is 91.5 Å². The molecule has 0 aliphatic heterocycles. The highest BCUT2D eigenvalue weighted by atomic mass is 16.1. The number of amides is 1. The van der Waals surface area contributed by atoms with Crippen LogP contribution in [-0.2, 0) is 13.5 Å². The highest BCUT2D eigenvalue weighted by molar-refractivity contribution is 6.08. The molecule has 40 heavy (non-hydrogen) atoms. The lowest BCUT2D eigenvalue weighted by molar-refractivity contribution is 0.100. The molecular formula is C32H27N7O. The molecule has 0 atom stereocenters. The molecule has 2 aromatic carbocycles. The summed E-state index contributed by atoms with van der Waals surface area (Å²) < 4.78 is 1.76. The molecule has 8 heteroatoms. The van der Waals surface area contributed by atoms with Crippen LogP contribution in [0.1, 0.15) is 34.1 Å². The van der Waals surface area contributed by atoms with E-state index in [1.165, 1.54) is 11.1 Å². The van der Waals surface area contributed by atoms with Gasteiger partial charge in [0.05, 0.1) is 22.8 Å². The molecule has 4 aromatic heterocycles. The minimum atomic E-state index is -0.612. The molecule has 0 unspecified atom stereocenters. The van der Waals surface area contributed by atoms with Crippen LogP contribution in [0.3, 0.4) is 0 Å². The molecule has 0 fully saturated rings. The summed E-state index contributed by atoms with van der Waals surface area (Å²) in [6.07, 6.45) is 7.73. The first kappa shape index (κ1) is 26.1. The Kier molecular flexibility index (Phi) is 7.47. The van der Waals surface area contributed by atoms with Gasteiger partial charge in [-0.1, -0.05) is 55.2 Å². The largest absolute Gasteiger partial charge is 0.383 e. The average Bonchev–Trinajstić information content (AvgIpc) is 3.40. The SMILES string of the molecule is CCc1nc2cccc(C#Cc3cnn(C)c3)c2cc1-c1ccccc1.NC(=O)c1c(N)ncc2cccnc12. The number of carbonyl (C=O) groups is 1. The second kappa shape index (κ2) is 11.5. The summed E-state index contributed by atoms with van der Waals surface area (Å²) >= 11 is 0. The molecule has 0 saturated carbocycles. The van der Waals surface area contributed by atoms with Crippen molar-refractivity contribution in [3.63, 3.8) is 0 Å². The van der Waals surface area contributed by atoms with Crippen LogP contribution < -0.4 is 11.5 Å². The summed E-state index contributed by atoms with van der Waals surface area (Å²) in [5.74, 6) is 5.99. The molecule has 0 bridgehead atoms. The molecule has 8 nitrogen and oxygen atoms in total. The number of benzene rings is 2. The fourth-order valence-electron chi connectivity index (χ4n) is 4.41. The second-order valence-corrected chi connectivity index (χ2v) is 9.05. The number of fused-ring (bicyclic) bond motifs is 2. The van der Waals surface area contributed by atoms with E-state index in [4.69, 9.17) is 16.5 Å². The maximum atomic E-state index is 11.1. The molecule has 1 amide bonds. The summed E-state index contributed by atoms with van der Waals surface area (Å²) in [5, 5.41) is 6.00. The number of pyridine rings is 3. The van der Waals surface area contributed by atoms with Crippen molar-refractivity contribution in [2.75, 3.05) is 5.73 Å². The Morgan fingerprint density at radius 3 is 2.52 bits per heavy atom. The van der Waals surface area contributed by atoms with Crippen LogP contribution in [-0.4, -0.2) is 30.6 Å². The number of hydrogen-bond acceptors (Lipinski definition) is 6. The van der Waals surface area contributed by atoms with Gasteiger partial charge >= 0.3 is 0 Å². The van der Waals surface area contributed by atoms with Gasteiger partial charge in [-0.05, 0) is 42.3 Å². The molecule has 0 spiro atoms. The van der Waals surface area contributed by atoms with Crippen molar-refractivity contribution in [2.45, 2.75) is 13.3 Å². The first-order valence-corrected chi connectivity index (χ1v) is 12.7. The van der Waals surface area contributed by atoms with E-state index in [1.54, 1.807) is 35.4 Å². The number of primary amides is 1. The molecule has 6 aromatic rings. The zero-order valence-electron chi connectivity index (χ0n) is 22.2. The maximum absolute atomic E-state index is 11.1. The Morgan fingerprint density at radius 2 is 1.80 bits per heavy atom. The van der Waals surface area contributed by atoms with E-state index in [1.807, 2.05) is 31.4 Å². The summed E-state index contributed by atoms with van der Waals surface area (Å²) in [5.41, 5.74) is 17.8. The Balaban J connectivity index is 0.000000194. The zero-order chi connectivity index (χ0) is 28.1. The number of nitrogen functional groups attached to an aromatic ring is 1. The Labute approximate surface area is 231 Å². The molecule has 6 rings (SSSR count). The Bertz CT molecular complexity index is 1900. The minimum Gasteiger partial charge on any atom is -0.383 e. The van der Waals surface area contributed by atoms with Crippen molar-refractivity contribution < 1.29 is 4.79 Å². The number of nitrogens with two attached hydrogens (primary N) is 2. The van der Waals surface area contributed by atoms with Crippen molar-refractivity contribution in [3.8, 4) is 23.0 Å².